The third-order valence-electron chi connectivity index (χ3n) is 2.73. The highest BCUT2D eigenvalue weighted by molar-refractivity contribution is 5.73. The first-order valence-electron chi connectivity index (χ1n) is 5.07. The molecule has 1 fully saturated rings. The van der Waals surface area contributed by atoms with E-state index in [4.69, 9.17) is 4.74 Å². The number of carbonyl (C=O) groups is 1. The van der Waals surface area contributed by atoms with Crippen molar-refractivity contribution in [3.8, 4) is 0 Å². The highest BCUT2D eigenvalue weighted by atomic mass is 16.5. The van der Waals surface area contributed by atoms with Gasteiger partial charge in [0.2, 0.25) is 0 Å². The second-order valence-corrected chi connectivity index (χ2v) is 3.57. The summed E-state index contributed by atoms with van der Waals surface area (Å²) in [7, 11) is 0. The van der Waals surface area contributed by atoms with Gasteiger partial charge in [-0.2, -0.15) is 0 Å². The molecule has 13 heavy (non-hydrogen) atoms. The minimum atomic E-state index is -0.0351. The molecule has 0 aromatic rings. The molecule has 1 rings (SSSR count). The fraction of sp³-hybridized carbons (Fsp3) is 0.727. The van der Waals surface area contributed by atoms with Crippen LogP contribution in [-0.4, -0.2) is 12.6 Å². The van der Waals surface area contributed by atoms with Crippen molar-refractivity contribution in [3.05, 3.63) is 12.7 Å². The van der Waals surface area contributed by atoms with Gasteiger partial charge < -0.3 is 4.74 Å². The minimum absolute atomic E-state index is 0.0351. The Morgan fingerprint density at radius 1 is 1.69 bits per heavy atom. The number of carbonyl (C=O) groups excluding carboxylic acids is 1. The molecule has 0 heterocycles. The van der Waals surface area contributed by atoms with Crippen molar-refractivity contribution in [2.24, 2.45) is 11.8 Å². The fourth-order valence-electron chi connectivity index (χ4n) is 1.75. The zero-order chi connectivity index (χ0) is 9.68. The summed E-state index contributed by atoms with van der Waals surface area (Å²) in [5, 5.41) is 0. The van der Waals surface area contributed by atoms with E-state index in [1.54, 1.807) is 0 Å². The first kappa shape index (κ1) is 10.3. The molecule has 0 amide bonds. The standard InChI is InChI=1S/C11H18O2/c1-3-6-10(9-7-5-8-9)11(12)13-4-2/h3,9-10H,1,4-8H2,2H3. The van der Waals surface area contributed by atoms with Crippen molar-refractivity contribution < 1.29 is 9.53 Å². The van der Waals surface area contributed by atoms with Crippen molar-refractivity contribution in [3.63, 3.8) is 0 Å². The molecule has 0 bridgehead atoms. The summed E-state index contributed by atoms with van der Waals surface area (Å²) >= 11 is 0. The molecule has 1 atom stereocenters. The molecule has 0 aromatic heterocycles. The largest absolute Gasteiger partial charge is 0.466 e. The number of ether oxygens (including phenoxy) is 1. The lowest BCUT2D eigenvalue weighted by atomic mass is 9.74. The fourth-order valence-corrected chi connectivity index (χ4v) is 1.75. The molecule has 74 valence electrons. The predicted molar refractivity (Wildman–Crippen MR) is 52.3 cm³/mol. The van der Waals surface area contributed by atoms with Crippen molar-refractivity contribution in [2.75, 3.05) is 6.61 Å². The van der Waals surface area contributed by atoms with Gasteiger partial charge in [-0.1, -0.05) is 12.5 Å². The van der Waals surface area contributed by atoms with E-state index in [9.17, 15) is 4.79 Å². The molecule has 0 N–H and O–H groups in total. The lowest BCUT2D eigenvalue weighted by molar-refractivity contribution is -0.151. The van der Waals surface area contributed by atoms with Crippen LogP contribution in [0.1, 0.15) is 32.6 Å². The average Bonchev–Trinajstić information content (AvgIpc) is 2.01. The van der Waals surface area contributed by atoms with E-state index in [1.165, 1.54) is 19.3 Å². The molecular weight excluding hydrogens is 164 g/mol. The molecule has 1 aliphatic carbocycles. The zero-order valence-electron chi connectivity index (χ0n) is 8.29. The van der Waals surface area contributed by atoms with E-state index >= 15 is 0 Å². The number of hydrogen-bond acceptors (Lipinski definition) is 2. The molecule has 0 radical (unpaired) electrons. The lowest BCUT2D eigenvalue weighted by Crippen LogP contribution is -2.29. The second-order valence-electron chi connectivity index (χ2n) is 3.57. The Labute approximate surface area is 80.0 Å². The van der Waals surface area contributed by atoms with Gasteiger partial charge in [0.05, 0.1) is 12.5 Å². The molecule has 0 saturated heterocycles. The summed E-state index contributed by atoms with van der Waals surface area (Å²) in [5.41, 5.74) is 0. The third-order valence-corrected chi connectivity index (χ3v) is 2.73. The number of allylic oxidation sites excluding steroid dienone is 1. The Morgan fingerprint density at radius 2 is 2.38 bits per heavy atom. The van der Waals surface area contributed by atoms with Crippen LogP contribution in [0.3, 0.4) is 0 Å². The molecule has 1 aliphatic rings. The maximum Gasteiger partial charge on any atom is 0.309 e. The van der Waals surface area contributed by atoms with Crippen LogP contribution in [0.5, 0.6) is 0 Å². The van der Waals surface area contributed by atoms with E-state index in [1.807, 2.05) is 13.0 Å². The van der Waals surface area contributed by atoms with E-state index in [0.717, 1.165) is 6.42 Å². The summed E-state index contributed by atoms with van der Waals surface area (Å²) < 4.78 is 5.03. The van der Waals surface area contributed by atoms with Gasteiger partial charge in [0.15, 0.2) is 0 Å². The molecule has 0 aliphatic heterocycles. The zero-order valence-corrected chi connectivity index (χ0v) is 8.29. The van der Waals surface area contributed by atoms with Crippen molar-refractivity contribution in [2.45, 2.75) is 32.6 Å². The molecular formula is C11H18O2. The Morgan fingerprint density at radius 3 is 2.77 bits per heavy atom. The lowest BCUT2D eigenvalue weighted by Gasteiger charge is -2.31. The van der Waals surface area contributed by atoms with Crippen LogP contribution in [0, 0.1) is 11.8 Å². The van der Waals surface area contributed by atoms with Crippen LogP contribution < -0.4 is 0 Å². The van der Waals surface area contributed by atoms with E-state index in [-0.39, 0.29) is 11.9 Å². The Bertz CT molecular complexity index is 183. The van der Waals surface area contributed by atoms with Gasteiger partial charge in [0.25, 0.3) is 0 Å². The summed E-state index contributed by atoms with van der Waals surface area (Å²) in [5.74, 6) is 0.593. The molecule has 1 saturated carbocycles. The van der Waals surface area contributed by atoms with E-state index < -0.39 is 0 Å². The molecule has 2 heteroatoms. The third kappa shape index (κ3) is 2.58. The van der Waals surface area contributed by atoms with Crippen molar-refractivity contribution in [1.29, 1.82) is 0 Å². The summed E-state index contributed by atoms with van der Waals surface area (Å²) in [6.45, 7) is 6.01. The normalized spacial score (nSPS) is 18.8. The van der Waals surface area contributed by atoms with Crippen LogP contribution in [0.25, 0.3) is 0 Å². The van der Waals surface area contributed by atoms with Crippen molar-refractivity contribution >= 4 is 5.97 Å². The van der Waals surface area contributed by atoms with Crippen LogP contribution in [0.15, 0.2) is 12.7 Å². The minimum Gasteiger partial charge on any atom is -0.466 e. The van der Waals surface area contributed by atoms with Crippen LogP contribution in [-0.2, 0) is 9.53 Å². The number of hydrogen-bond donors (Lipinski definition) is 0. The van der Waals surface area contributed by atoms with Crippen LogP contribution in [0.2, 0.25) is 0 Å². The molecule has 0 spiro atoms. The van der Waals surface area contributed by atoms with Gasteiger partial charge in [0, 0.05) is 0 Å². The van der Waals surface area contributed by atoms with Gasteiger partial charge in [0.1, 0.15) is 0 Å². The van der Waals surface area contributed by atoms with Gasteiger partial charge >= 0.3 is 5.97 Å². The molecule has 0 aromatic carbocycles. The van der Waals surface area contributed by atoms with Crippen molar-refractivity contribution in [1.82, 2.24) is 0 Å². The topological polar surface area (TPSA) is 26.3 Å². The molecule has 2 nitrogen and oxygen atoms in total. The second kappa shape index (κ2) is 5.05. The van der Waals surface area contributed by atoms with Crippen LogP contribution >= 0.6 is 0 Å². The van der Waals surface area contributed by atoms with Crippen LogP contribution in [0.4, 0.5) is 0 Å². The monoisotopic (exact) mass is 182 g/mol. The Hall–Kier alpha value is -0.790. The highest BCUT2D eigenvalue weighted by Gasteiger charge is 2.32. The van der Waals surface area contributed by atoms with Gasteiger partial charge in [-0.05, 0) is 32.1 Å². The maximum absolute atomic E-state index is 11.5. The van der Waals surface area contributed by atoms with Gasteiger partial charge in [-0.25, -0.2) is 0 Å². The number of rotatable bonds is 5. The summed E-state index contributed by atoms with van der Waals surface area (Å²) in [4.78, 5) is 11.5. The SMILES string of the molecule is C=CCC(C(=O)OCC)C1CCC1. The highest BCUT2D eigenvalue weighted by Crippen LogP contribution is 2.35. The molecule has 1 unspecified atom stereocenters. The number of esters is 1. The summed E-state index contributed by atoms with van der Waals surface area (Å²) in [6, 6.07) is 0. The first-order chi connectivity index (χ1) is 6.29. The first-order valence-corrected chi connectivity index (χ1v) is 5.07. The summed E-state index contributed by atoms with van der Waals surface area (Å²) in [6.07, 6.45) is 6.20. The quantitative estimate of drug-likeness (QED) is 0.482. The average molecular weight is 182 g/mol. The van der Waals surface area contributed by atoms with E-state index in [0.29, 0.717) is 12.5 Å². The van der Waals surface area contributed by atoms with E-state index in [2.05, 4.69) is 6.58 Å². The Balaban J connectivity index is 2.44. The van der Waals surface area contributed by atoms with Gasteiger partial charge in [-0.3, -0.25) is 4.79 Å². The maximum atomic E-state index is 11.5. The Kier molecular flexibility index (Phi) is 4.00. The smallest absolute Gasteiger partial charge is 0.309 e. The predicted octanol–water partition coefficient (Wildman–Crippen LogP) is 2.54. The van der Waals surface area contributed by atoms with Gasteiger partial charge in [-0.15, -0.1) is 6.58 Å².